The van der Waals surface area contributed by atoms with E-state index in [9.17, 15) is 14.7 Å². The van der Waals surface area contributed by atoms with Gasteiger partial charge in [0.1, 0.15) is 6.26 Å². The predicted octanol–water partition coefficient (Wildman–Crippen LogP) is 6.65. The number of nitrogens with one attached hydrogen (secondary N) is 1. The third-order valence-corrected chi connectivity index (χ3v) is 8.39. The van der Waals surface area contributed by atoms with Gasteiger partial charge in [-0.1, -0.05) is 69.9 Å². The minimum atomic E-state index is -0.897. The minimum Gasteiger partial charge on any atom is -0.481 e. The molecule has 0 spiro atoms. The molecular formula is C29H40N2O4. The Balaban J connectivity index is 1.48. The van der Waals surface area contributed by atoms with Crippen LogP contribution >= 0.6 is 0 Å². The van der Waals surface area contributed by atoms with Crippen LogP contribution in [0.2, 0.25) is 0 Å². The van der Waals surface area contributed by atoms with Crippen LogP contribution in [-0.4, -0.2) is 28.5 Å². The third-order valence-electron chi connectivity index (χ3n) is 8.39. The van der Waals surface area contributed by atoms with Gasteiger partial charge in [-0.25, -0.2) is 4.98 Å². The number of carboxylic acid groups (broad SMARTS) is 1. The fraction of sp³-hybridized carbons (Fsp3) is 0.621. The number of hydrogen-bond acceptors (Lipinski definition) is 4. The fourth-order valence-corrected chi connectivity index (χ4v) is 6.22. The summed E-state index contributed by atoms with van der Waals surface area (Å²) in [4.78, 5) is 30.0. The summed E-state index contributed by atoms with van der Waals surface area (Å²) in [6.07, 6.45) is 17.6. The second kappa shape index (κ2) is 11.9. The van der Waals surface area contributed by atoms with E-state index in [4.69, 9.17) is 4.42 Å². The number of unbranched alkanes of at least 4 members (excludes halogenated alkanes) is 1. The summed E-state index contributed by atoms with van der Waals surface area (Å²) in [6, 6.07) is 5.54. The Kier molecular flexibility index (Phi) is 8.64. The summed E-state index contributed by atoms with van der Waals surface area (Å²) in [5, 5.41) is 13.3. The molecule has 2 N–H and O–H groups in total. The van der Waals surface area contributed by atoms with Gasteiger partial charge in [0.15, 0.2) is 0 Å². The van der Waals surface area contributed by atoms with E-state index in [2.05, 4.69) is 10.3 Å². The summed E-state index contributed by atoms with van der Waals surface area (Å²) >= 11 is 0. The Bertz CT molecular complexity index is 975. The number of carbonyl (C=O) groups excluding carboxylic acids is 1. The molecule has 0 bridgehead atoms. The maximum absolute atomic E-state index is 13.2. The highest BCUT2D eigenvalue weighted by Gasteiger charge is 2.43. The van der Waals surface area contributed by atoms with Crippen LogP contribution in [0.5, 0.6) is 0 Å². The van der Waals surface area contributed by atoms with Gasteiger partial charge >= 0.3 is 5.97 Å². The van der Waals surface area contributed by atoms with E-state index in [1.54, 1.807) is 12.3 Å². The van der Waals surface area contributed by atoms with Crippen molar-refractivity contribution in [2.75, 3.05) is 6.54 Å². The van der Waals surface area contributed by atoms with Crippen molar-refractivity contribution in [3.05, 3.63) is 41.8 Å². The Morgan fingerprint density at radius 2 is 1.83 bits per heavy atom. The van der Waals surface area contributed by atoms with Crippen LogP contribution in [0.4, 0.5) is 0 Å². The molecule has 2 saturated carbocycles. The average Bonchev–Trinajstić information content (AvgIpc) is 3.59. The molecule has 2 fully saturated rings. The number of benzene rings is 1. The predicted molar refractivity (Wildman–Crippen MR) is 136 cm³/mol. The van der Waals surface area contributed by atoms with Crippen LogP contribution < -0.4 is 5.32 Å². The Morgan fingerprint density at radius 3 is 2.51 bits per heavy atom. The molecule has 2 aliphatic carbocycles. The lowest BCUT2D eigenvalue weighted by atomic mass is 9.71. The van der Waals surface area contributed by atoms with Crippen molar-refractivity contribution < 1.29 is 19.1 Å². The van der Waals surface area contributed by atoms with Gasteiger partial charge in [0, 0.05) is 6.54 Å². The van der Waals surface area contributed by atoms with Crippen molar-refractivity contribution in [1.29, 1.82) is 0 Å². The standard InChI is InChI=1S/C29H40N2O4/c1-29(28(33)34,23-14-5-6-15-23)20-22-13-9-16-24(25(22)27-31-18-19-35-27)26(32)30-17-8-7-12-21-10-3-2-4-11-21/h9,13,16,18-19,21,23H,2-8,10-12,14-15,17,20H2,1H3,(H,30,32)(H,33,34). The molecular weight excluding hydrogens is 440 g/mol. The van der Waals surface area contributed by atoms with Crippen molar-refractivity contribution in [1.82, 2.24) is 10.3 Å². The molecule has 4 rings (SSSR count). The fourth-order valence-electron chi connectivity index (χ4n) is 6.22. The van der Waals surface area contributed by atoms with Crippen LogP contribution in [0.25, 0.3) is 11.5 Å². The number of aliphatic carboxylic acids is 1. The van der Waals surface area contributed by atoms with Crippen LogP contribution in [-0.2, 0) is 11.2 Å². The van der Waals surface area contributed by atoms with Crippen LogP contribution in [0.15, 0.2) is 35.1 Å². The van der Waals surface area contributed by atoms with Crippen molar-refractivity contribution in [3.8, 4) is 11.5 Å². The van der Waals surface area contributed by atoms with Crippen LogP contribution in [0.1, 0.15) is 99.9 Å². The first-order chi connectivity index (χ1) is 17.0. The van der Waals surface area contributed by atoms with Crippen LogP contribution in [0.3, 0.4) is 0 Å². The molecule has 2 aromatic rings. The molecule has 1 aromatic carbocycles. The van der Waals surface area contributed by atoms with Gasteiger partial charge < -0.3 is 14.8 Å². The number of aromatic nitrogens is 1. The summed E-state index contributed by atoms with van der Waals surface area (Å²) in [5.74, 6) is 0.406. The second-order valence-electron chi connectivity index (χ2n) is 10.8. The number of rotatable bonds is 11. The minimum absolute atomic E-state index is 0.124. The van der Waals surface area contributed by atoms with E-state index < -0.39 is 11.4 Å². The molecule has 1 atom stereocenters. The van der Waals surface area contributed by atoms with Gasteiger partial charge in [-0.15, -0.1) is 0 Å². The normalized spacial score (nSPS) is 18.9. The van der Waals surface area contributed by atoms with E-state index in [0.717, 1.165) is 50.0 Å². The second-order valence-corrected chi connectivity index (χ2v) is 10.8. The van der Waals surface area contributed by atoms with Crippen molar-refractivity contribution in [2.24, 2.45) is 17.3 Å². The Morgan fingerprint density at radius 1 is 1.09 bits per heavy atom. The molecule has 6 heteroatoms. The van der Waals surface area contributed by atoms with E-state index in [0.29, 0.717) is 30.0 Å². The number of carboxylic acids is 1. The van der Waals surface area contributed by atoms with Gasteiger partial charge in [0.05, 0.1) is 22.7 Å². The smallest absolute Gasteiger partial charge is 0.309 e. The first-order valence-corrected chi connectivity index (χ1v) is 13.5. The Labute approximate surface area is 208 Å². The monoisotopic (exact) mass is 480 g/mol. The SMILES string of the molecule is CC(Cc1cccc(C(=O)NCCCCC2CCCCC2)c1-c1ncco1)(C(=O)O)C1CCCC1. The first kappa shape index (κ1) is 25.5. The quantitative estimate of drug-likeness (QED) is 0.351. The largest absolute Gasteiger partial charge is 0.481 e. The first-order valence-electron chi connectivity index (χ1n) is 13.5. The molecule has 1 amide bonds. The molecule has 1 aromatic heterocycles. The lowest BCUT2D eigenvalue weighted by Gasteiger charge is -2.32. The number of oxazole rings is 1. The molecule has 6 nitrogen and oxygen atoms in total. The highest BCUT2D eigenvalue weighted by atomic mass is 16.4. The van der Waals surface area contributed by atoms with Crippen molar-refractivity contribution >= 4 is 11.9 Å². The molecule has 0 saturated heterocycles. The van der Waals surface area contributed by atoms with Gasteiger partial charge in [-0.3, -0.25) is 9.59 Å². The lowest BCUT2D eigenvalue weighted by Crippen LogP contribution is -2.37. The molecule has 35 heavy (non-hydrogen) atoms. The van der Waals surface area contributed by atoms with Gasteiger partial charge in [-0.2, -0.15) is 0 Å². The number of hydrogen-bond donors (Lipinski definition) is 2. The zero-order chi connectivity index (χ0) is 24.7. The Hall–Kier alpha value is -2.63. The van der Waals surface area contributed by atoms with E-state index >= 15 is 0 Å². The third kappa shape index (κ3) is 6.14. The van der Waals surface area contributed by atoms with E-state index in [1.807, 2.05) is 19.1 Å². The molecule has 2 aliphatic rings. The van der Waals surface area contributed by atoms with Gasteiger partial charge in [-0.05, 0) is 56.1 Å². The van der Waals surface area contributed by atoms with Crippen molar-refractivity contribution in [3.63, 3.8) is 0 Å². The molecule has 0 aliphatic heterocycles. The zero-order valence-electron chi connectivity index (χ0n) is 21.1. The molecule has 190 valence electrons. The summed E-state index contributed by atoms with van der Waals surface area (Å²) in [5.41, 5.74) is 1.01. The number of carbonyl (C=O) groups is 2. The maximum atomic E-state index is 13.2. The van der Waals surface area contributed by atoms with Crippen LogP contribution in [0, 0.1) is 17.3 Å². The van der Waals surface area contributed by atoms with Crippen molar-refractivity contribution in [2.45, 2.75) is 90.4 Å². The number of amides is 1. The molecule has 0 radical (unpaired) electrons. The summed E-state index contributed by atoms with van der Waals surface area (Å²) in [6.45, 7) is 2.49. The average molecular weight is 481 g/mol. The number of nitrogens with zero attached hydrogens (tertiary/aromatic N) is 1. The summed E-state index contributed by atoms with van der Waals surface area (Å²) in [7, 11) is 0. The van der Waals surface area contributed by atoms with Gasteiger partial charge in [0.2, 0.25) is 5.89 Å². The van der Waals surface area contributed by atoms with Gasteiger partial charge in [0.25, 0.3) is 5.91 Å². The summed E-state index contributed by atoms with van der Waals surface area (Å²) < 4.78 is 5.62. The highest BCUT2D eigenvalue weighted by Crippen LogP contribution is 2.44. The van der Waals surface area contributed by atoms with E-state index in [1.165, 1.54) is 44.8 Å². The highest BCUT2D eigenvalue weighted by molar-refractivity contribution is 6.00. The molecule has 1 unspecified atom stereocenters. The molecule has 1 heterocycles. The van der Waals surface area contributed by atoms with E-state index in [-0.39, 0.29) is 11.8 Å². The maximum Gasteiger partial charge on any atom is 0.309 e. The lowest BCUT2D eigenvalue weighted by molar-refractivity contribution is -0.151. The zero-order valence-corrected chi connectivity index (χ0v) is 21.1. The topological polar surface area (TPSA) is 92.4 Å².